The second-order valence-electron chi connectivity index (χ2n) is 7.97. The number of benzene rings is 2. The maximum absolute atomic E-state index is 14.3. The predicted molar refractivity (Wildman–Crippen MR) is 119 cm³/mol. The van der Waals surface area contributed by atoms with Crippen LogP contribution in [0.2, 0.25) is 0 Å². The van der Waals surface area contributed by atoms with Gasteiger partial charge in [-0.15, -0.1) is 0 Å². The van der Waals surface area contributed by atoms with Gasteiger partial charge in [-0.1, -0.05) is 0 Å². The largest absolute Gasteiger partial charge is 0.478 e. The number of nitrogens with zero attached hydrogens (tertiary/aromatic N) is 1. The molecule has 0 aliphatic carbocycles. The van der Waals surface area contributed by atoms with Gasteiger partial charge in [-0.05, 0) is 54.4 Å². The van der Waals surface area contributed by atoms with Crippen LogP contribution in [0.3, 0.4) is 0 Å². The predicted octanol–water partition coefficient (Wildman–Crippen LogP) is 6.13. The minimum Gasteiger partial charge on any atom is -0.478 e. The molecule has 0 aliphatic heterocycles. The van der Waals surface area contributed by atoms with Crippen LogP contribution in [-0.2, 0) is 6.42 Å². The minimum atomic E-state index is -4.59. The molecule has 2 aromatic heterocycles. The van der Waals surface area contributed by atoms with Crippen LogP contribution in [0.4, 0.5) is 26.3 Å². The summed E-state index contributed by atoms with van der Waals surface area (Å²) in [5, 5.41) is 11.7. The summed E-state index contributed by atoms with van der Waals surface area (Å²) in [5.74, 6) is -6.28. The SMILES string of the molecule is CNC(=O)c1c(-c2ccc(F)cc2)oc2nc(CCC(F)(F)F)c(-c3cc(F)c(F)c(C(=O)O)c3)cc12. The van der Waals surface area contributed by atoms with Crippen LogP contribution in [0.15, 0.2) is 46.9 Å². The van der Waals surface area contributed by atoms with E-state index in [9.17, 15) is 41.0 Å². The minimum absolute atomic E-state index is 0.00559. The molecule has 37 heavy (non-hydrogen) atoms. The Bertz CT molecular complexity index is 1530. The normalized spacial score (nSPS) is 11.6. The molecule has 6 nitrogen and oxygen atoms in total. The molecule has 2 N–H and O–H groups in total. The average molecular weight is 522 g/mol. The van der Waals surface area contributed by atoms with E-state index in [1.807, 2.05) is 0 Å². The van der Waals surface area contributed by atoms with Gasteiger partial charge in [-0.25, -0.2) is 22.9 Å². The number of aromatic nitrogens is 1. The molecule has 192 valence electrons. The summed E-state index contributed by atoms with van der Waals surface area (Å²) < 4.78 is 86.5. The Balaban J connectivity index is 2.03. The molecule has 12 heteroatoms. The molecule has 0 spiro atoms. The summed E-state index contributed by atoms with van der Waals surface area (Å²) in [6, 6.07) is 7.45. The van der Waals surface area contributed by atoms with Crippen molar-refractivity contribution in [2.75, 3.05) is 7.05 Å². The number of furan rings is 1. The number of halogens is 6. The number of hydrogen-bond donors (Lipinski definition) is 2. The Morgan fingerprint density at radius 3 is 2.30 bits per heavy atom. The fourth-order valence-electron chi connectivity index (χ4n) is 3.82. The molecule has 0 bridgehead atoms. The zero-order chi connectivity index (χ0) is 27.1. The van der Waals surface area contributed by atoms with E-state index in [2.05, 4.69) is 10.3 Å². The van der Waals surface area contributed by atoms with E-state index in [0.29, 0.717) is 6.07 Å². The molecule has 0 radical (unpaired) electrons. The van der Waals surface area contributed by atoms with Gasteiger partial charge in [0.2, 0.25) is 5.71 Å². The smallest absolute Gasteiger partial charge is 0.389 e. The monoisotopic (exact) mass is 522 g/mol. The standard InChI is InChI=1S/C25H16F6N2O4/c1-32-22(34)19-15-10-14(12-8-16(24(35)36)20(28)17(27)9-12)18(6-7-25(29,30)31)33-23(15)37-21(19)11-2-4-13(26)5-3-11/h2-5,8-10H,6-7H2,1H3,(H,32,34)(H,35,36). The first-order valence-electron chi connectivity index (χ1n) is 10.6. The van der Waals surface area contributed by atoms with Crippen LogP contribution < -0.4 is 5.32 Å². The maximum Gasteiger partial charge on any atom is 0.389 e. The zero-order valence-corrected chi connectivity index (χ0v) is 18.8. The van der Waals surface area contributed by atoms with Gasteiger partial charge >= 0.3 is 12.1 Å². The third-order valence-corrected chi connectivity index (χ3v) is 5.54. The number of carboxylic acids is 1. The van der Waals surface area contributed by atoms with E-state index in [4.69, 9.17) is 4.42 Å². The molecule has 0 saturated carbocycles. The molecule has 2 heterocycles. The first-order valence-corrected chi connectivity index (χ1v) is 10.6. The lowest BCUT2D eigenvalue weighted by Crippen LogP contribution is -2.18. The summed E-state index contributed by atoms with van der Waals surface area (Å²) >= 11 is 0. The molecule has 1 amide bonds. The lowest BCUT2D eigenvalue weighted by atomic mass is 9.96. The highest BCUT2D eigenvalue weighted by atomic mass is 19.4. The number of carbonyl (C=O) groups excluding carboxylic acids is 1. The Morgan fingerprint density at radius 1 is 1.03 bits per heavy atom. The maximum atomic E-state index is 14.3. The van der Waals surface area contributed by atoms with Crippen molar-refractivity contribution in [2.24, 2.45) is 0 Å². The van der Waals surface area contributed by atoms with Crippen LogP contribution in [0.5, 0.6) is 0 Å². The van der Waals surface area contributed by atoms with E-state index < -0.39 is 53.9 Å². The van der Waals surface area contributed by atoms with Crippen molar-refractivity contribution in [2.45, 2.75) is 19.0 Å². The Kier molecular flexibility index (Phi) is 6.68. The van der Waals surface area contributed by atoms with Gasteiger partial charge < -0.3 is 14.8 Å². The van der Waals surface area contributed by atoms with Crippen molar-refractivity contribution in [3.63, 3.8) is 0 Å². The molecular weight excluding hydrogens is 506 g/mol. The van der Waals surface area contributed by atoms with E-state index in [-0.39, 0.29) is 44.8 Å². The molecule has 0 aliphatic rings. The molecule has 4 aromatic rings. The number of carboxylic acid groups (broad SMARTS) is 1. The number of amides is 1. The molecule has 0 unspecified atom stereocenters. The first-order chi connectivity index (χ1) is 17.4. The van der Waals surface area contributed by atoms with Gasteiger partial charge in [0.25, 0.3) is 5.91 Å². The number of rotatable bonds is 6. The molecule has 0 saturated heterocycles. The highest BCUT2D eigenvalue weighted by Crippen LogP contribution is 2.38. The highest BCUT2D eigenvalue weighted by molar-refractivity contribution is 6.11. The fourth-order valence-corrected chi connectivity index (χ4v) is 3.82. The van der Waals surface area contributed by atoms with E-state index in [0.717, 1.165) is 18.2 Å². The summed E-state index contributed by atoms with van der Waals surface area (Å²) in [5.41, 5.74) is -1.79. The highest BCUT2D eigenvalue weighted by Gasteiger charge is 2.30. The van der Waals surface area contributed by atoms with Gasteiger partial charge in [-0.3, -0.25) is 4.79 Å². The fraction of sp³-hybridized carbons (Fsp3) is 0.160. The number of pyridine rings is 1. The Hall–Kier alpha value is -4.35. The molecule has 0 fully saturated rings. The molecule has 2 aromatic carbocycles. The first kappa shape index (κ1) is 25.7. The Labute approximate surface area is 204 Å². The zero-order valence-electron chi connectivity index (χ0n) is 18.8. The number of nitrogens with one attached hydrogen (secondary N) is 1. The third-order valence-electron chi connectivity index (χ3n) is 5.54. The van der Waals surface area contributed by atoms with Crippen LogP contribution in [0, 0.1) is 17.5 Å². The number of carbonyl (C=O) groups is 2. The lowest BCUT2D eigenvalue weighted by Gasteiger charge is -2.12. The van der Waals surface area contributed by atoms with Crippen molar-refractivity contribution in [1.29, 1.82) is 0 Å². The van der Waals surface area contributed by atoms with Gasteiger partial charge in [0.1, 0.15) is 11.6 Å². The van der Waals surface area contributed by atoms with E-state index >= 15 is 0 Å². The molecular formula is C25H16F6N2O4. The number of hydrogen-bond acceptors (Lipinski definition) is 4. The van der Waals surface area contributed by atoms with Crippen LogP contribution in [0.1, 0.15) is 32.8 Å². The number of aryl methyl sites for hydroxylation is 1. The number of fused-ring (bicyclic) bond motifs is 1. The van der Waals surface area contributed by atoms with Crippen LogP contribution in [0.25, 0.3) is 33.6 Å². The van der Waals surface area contributed by atoms with E-state index in [1.54, 1.807) is 0 Å². The number of aromatic carboxylic acids is 1. The Morgan fingerprint density at radius 2 is 1.70 bits per heavy atom. The second kappa shape index (κ2) is 9.60. The summed E-state index contributed by atoms with van der Waals surface area (Å²) in [7, 11) is 1.32. The van der Waals surface area contributed by atoms with Crippen molar-refractivity contribution >= 4 is 23.0 Å². The van der Waals surface area contributed by atoms with Gasteiger partial charge in [0.15, 0.2) is 11.6 Å². The van der Waals surface area contributed by atoms with E-state index in [1.165, 1.54) is 25.2 Å². The average Bonchev–Trinajstić information content (AvgIpc) is 3.21. The van der Waals surface area contributed by atoms with Crippen molar-refractivity contribution < 1.29 is 45.5 Å². The quantitative estimate of drug-likeness (QED) is 0.297. The van der Waals surface area contributed by atoms with Crippen molar-refractivity contribution in [3.05, 3.63) is 76.7 Å². The van der Waals surface area contributed by atoms with Crippen LogP contribution >= 0.6 is 0 Å². The number of alkyl halides is 3. The van der Waals surface area contributed by atoms with Crippen LogP contribution in [-0.4, -0.2) is 35.2 Å². The lowest BCUT2D eigenvalue weighted by molar-refractivity contribution is -0.134. The molecule has 4 rings (SSSR count). The van der Waals surface area contributed by atoms with Crippen molar-refractivity contribution in [3.8, 4) is 22.5 Å². The second-order valence-corrected chi connectivity index (χ2v) is 7.97. The molecule has 0 atom stereocenters. The summed E-state index contributed by atoms with van der Waals surface area (Å²) in [6.07, 6.45) is -6.64. The third kappa shape index (κ3) is 5.13. The van der Waals surface area contributed by atoms with Gasteiger partial charge in [0.05, 0.1) is 22.2 Å². The topological polar surface area (TPSA) is 92.4 Å². The van der Waals surface area contributed by atoms with Crippen molar-refractivity contribution in [1.82, 2.24) is 10.3 Å². The van der Waals surface area contributed by atoms with Gasteiger partial charge in [-0.2, -0.15) is 13.2 Å². The summed E-state index contributed by atoms with van der Waals surface area (Å²) in [4.78, 5) is 28.3. The summed E-state index contributed by atoms with van der Waals surface area (Å²) in [6.45, 7) is 0. The van der Waals surface area contributed by atoms with Gasteiger partial charge in [0, 0.05) is 24.6 Å².